The molecule has 0 fully saturated rings. The van der Waals surface area contributed by atoms with Crippen LogP contribution in [0.3, 0.4) is 0 Å². The largest absolute Gasteiger partial charge is 0.425 e. The van der Waals surface area contributed by atoms with Crippen molar-refractivity contribution in [1.29, 1.82) is 0 Å². The molecule has 1 aromatic carbocycles. The molecule has 3 heteroatoms. The molecular weight excluding hydrogens is 178 g/mol. The zero-order chi connectivity index (χ0) is 10.7. The summed E-state index contributed by atoms with van der Waals surface area (Å²) in [5.41, 5.74) is 7.52. The highest BCUT2D eigenvalue weighted by molar-refractivity contribution is 5.77. The molecular formula is C11H15NO2. The maximum atomic E-state index is 11.2. The minimum absolute atomic E-state index is 0.407. The first-order valence-electron chi connectivity index (χ1n) is 4.54. The number of esters is 1. The first kappa shape index (κ1) is 10.7. The van der Waals surface area contributed by atoms with E-state index in [0.717, 1.165) is 11.1 Å². The van der Waals surface area contributed by atoms with Crippen molar-refractivity contribution >= 4 is 5.97 Å². The molecule has 0 spiro atoms. The van der Waals surface area contributed by atoms with Gasteiger partial charge in [-0.2, -0.15) is 0 Å². The number of rotatable bonds is 2. The SMILES string of the molecule is Cc1cc(C)cc(OC(=O)C(C)N)c1. The van der Waals surface area contributed by atoms with Gasteiger partial charge in [-0.1, -0.05) is 6.07 Å². The minimum atomic E-state index is -0.587. The predicted octanol–water partition coefficient (Wildman–Crippen LogP) is 1.56. The number of aryl methyl sites for hydroxylation is 2. The Balaban J connectivity index is 2.82. The van der Waals surface area contributed by atoms with Gasteiger partial charge in [-0.3, -0.25) is 0 Å². The van der Waals surface area contributed by atoms with E-state index in [4.69, 9.17) is 10.5 Å². The Morgan fingerprint density at radius 3 is 2.21 bits per heavy atom. The number of hydrogen-bond donors (Lipinski definition) is 1. The minimum Gasteiger partial charge on any atom is -0.425 e. The summed E-state index contributed by atoms with van der Waals surface area (Å²) >= 11 is 0. The molecule has 0 aliphatic heterocycles. The van der Waals surface area contributed by atoms with Crippen molar-refractivity contribution in [3.05, 3.63) is 29.3 Å². The fourth-order valence-corrected chi connectivity index (χ4v) is 1.20. The van der Waals surface area contributed by atoms with E-state index in [1.54, 1.807) is 6.92 Å². The lowest BCUT2D eigenvalue weighted by Crippen LogP contribution is -2.30. The van der Waals surface area contributed by atoms with Crippen molar-refractivity contribution in [3.63, 3.8) is 0 Å². The average Bonchev–Trinajstić information content (AvgIpc) is 2.01. The van der Waals surface area contributed by atoms with Gasteiger partial charge in [0.1, 0.15) is 11.8 Å². The number of nitrogens with two attached hydrogens (primary N) is 1. The topological polar surface area (TPSA) is 52.3 Å². The Hall–Kier alpha value is -1.35. The van der Waals surface area contributed by atoms with Crippen LogP contribution in [0.2, 0.25) is 0 Å². The number of benzene rings is 1. The highest BCUT2D eigenvalue weighted by Gasteiger charge is 2.10. The Morgan fingerprint density at radius 2 is 1.79 bits per heavy atom. The van der Waals surface area contributed by atoms with Gasteiger partial charge in [-0.05, 0) is 44.0 Å². The maximum absolute atomic E-state index is 11.2. The van der Waals surface area contributed by atoms with E-state index in [0.29, 0.717) is 5.75 Å². The summed E-state index contributed by atoms with van der Waals surface area (Å²) in [6.07, 6.45) is 0. The monoisotopic (exact) mass is 193 g/mol. The third-order valence-corrected chi connectivity index (χ3v) is 1.79. The molecule has 3 nitrogen and oxygen atoms in total. The highest BCUT2D eigenvalue weighted by atomic mass is 16.5. The van der Waals surface area contributed by atoms with Crippen LogP contribution in [0.1, 0.15) is 18.1 Å². The molecule has 14 heavy (non-hydrogen) atoms. The van der Waals surface area contributed by atoms with Crippen molar-refractivity contribution in [1.82, 2.24) is 0 Å². The number of carbonyl (C=O) groups excluding carboxylic acids is 1. The van der Waals surface area contributed by atoms with Crippen molar-refractivity contribution < 1.29 is 9.53 Å². The van der Waals surface area contributed by atoms with Gasteiger partial charge in [0.2, 0.25) is 0 Å². The molecule has 0 heterocycles. The molecule has 0 amide bonds. The van der Waals surface area contributed by atoms with Crippen molar-refractivity contribution in [2.45, 2.75) is 26.8 Å². The fourth-order valence-electron chi connectivity index (χ4n) is 1.20. The van der Waals surface area contributed by atoms with Crippen LogP contribution in [-0.4, -0.2) is 12.0 Å². The van der Waals surface area contributed by atoms with Gasteiger partial charge in [0.05, 0.1) is 0 Å². The van der Waals surface area contributed by atoms with E-state index >= 15 is 0 Å². The van der Waals surface area contributed by atoms with Gasteiger partial charge >= 0.3 is 5.97 Å². The second kappa shape index (κ2) is 4.24. The standard InChI is InChI=1S/C11H15NO2/c1-7-4-8(2)6-10(5-7)14-11(13)9(3)12/h4-6,9H,12H2,1-3H3. The van der Waals surface area contributed by atoms with E-state index in [9.17, 15) is 4.79 Å². The molecule has 2 N–H and O–H groups in total. The van der Waals surface area contributed by atoms with E-state index in [1.165, 1.54) is 0 Å². The zero-order valence-electron chi connectivity index (χ0n) is 8.70. The Labute approximate surface area is 83.9 Å². The summed E-state index contributed by atoms with van der Waals surface area (Å²) in [6.45, 7) is 5.51. The van der Waals surface area contributed by atoms with Crippen LogP contribution in [0, 0.1) is 13.8 Å². The molecule has 1 atom stereocenters. The van der Waals surface area contributed by atoms with E-state index in [2.05, 4.69) is 0 Å². The van der Waals surface area contributed by atoms with Gasteiger partial charge < -0.3 is 10.5 Å². The Kier molecular flexibility index (Phi) is 3.25. The van der Waals surface area contributed by atoms with Crippen molar-refractivity contribution in [3.8, 4) is 5.75 Å². The summed E-state index contributed by atoms with van der Waals surface area (Å²) < 4.78 is 5.07. The van der Waals surface area contributed by atoms with Crippen molar-refractivity contribution in [2.75, 3.05) is 0 Å². The van der Waals surface area contributed by atoms with Crippen LogP contribution >= 0.6 is 0 Å². The van der Waals surface area contributed by atoms with Crippen molar-refractivity contribution in [2.24, 2.45) is 5.73 Å². The van der Waals surface area contributed by atoms with Gasteiger partial charge in [0.15, 0.2) is 0 Å². The molecule has 0 aliphatic carbocycles. The lowest BCUT2D eigenvalue weighted by Gasteiger charge is -2.08. The van der Waals surface area contributed by atoms with Crippen LogP contribution in [0.25, 0.3) is 0 Å². The molecule has 1 aromatic rings. The predicted molar refractivity (Wildman–Crippen MR) is 55.2 cm³/mol. The molecule has 1 rings (SSSR count). The molecule has 0 aromatic heterocycles. The maximum Gasteiger partial charge on any atom is 0.328 e. The number of carbonyl (C=O) groups is 1. The molecule has 0 radical (unpaired) electrons. The fraction of sp³-hybridized carbons (Fsp3) is 0.364. The van der Waals surface area contributed by atoms with E-state index in [-0.39, 0.29) is 0 Å². The zero-order valence-corrected chi connectivity index (χ0v) is 8.70. The lowest BCUT2D eigenvalue weighted by atomic mass is 10.1. The summed E-state index contributed by atoms with van der Waals surface area (Å²) in [5.74, 6) is 0.153. The molecule has 0 bridgehead atoms. The first-order valence-corrected chi connectivity index (χ1v) is 4.54. The molecule has 0 aliphatic rings. The smallest absolute Gasteiger partial charge is 0.328 e. The summed E-state index contributed by atoms with van der Waals surface area (Å²) in [4.78, 5) is 11.2. The van der Waals surface area contributed by atoms with Crippen LogP contribution in [0.4, 0.5) is 0 Å². The van der Waals surface area contributed by atoms with E-state index < -0.39 is 12.0 Å². The third kappa shape index (κ3) is 2.85. The van der Waals surface area contributed by atoms with E-state index in [1.807, 2.05) is 32.0 Å². The van der Waals surface area contributed by atoms with Crippen LogP contribution in [-0.2, 0) is 4.79 Å². The Bertz CT molecular complexity index is 325. The normalized spacial score (nSPS) is 12.3. The highest BCUT2D eigenvalue weighted by Crippen LogP contribution is 2.16. The second-order valence-corrected chi connectivity index (χ2v) is 3.53. The van der Waals surface area contributed by atoms with Crippen LogP contribution < -0.4 is 10.5 Å². The second-order valence-electron chi connectivity index (χ2n) is 3.53. The number of hydrogen-bond acceptors (Lipinski definition) is 3. The average molecular weight is 193 g/mol. The molecule has 76 valence electrons. The summed E-state index contributed by atoms with van der Waals surface area (Å²) in [5, 5.41) is 0. The van der Waals surface area contributed by atoms with Gasteiger partial charge in [0, 0.05) is 0 Å². The molecule has 1 unspecified atom stereocenters. The van der Waals surface area contributed by atoms with Crippen LogP contribution in [0.5, 0.6) is 5.75 Å². The molecule has 0 saturated carbocycles. The number of ether oxygens (including phenoxy) is 1. The Morgan fingerprint density at radius 1 is 1.29 bits per heavy atom. The summed E-state index contributed by atoms with van der Waals surface area (Å²) in [6, 6.07) is 5.06. The lowest BCUT2D eigenvalue weighted by molar-refractivity contribution is -0.135. The quantitative estimate of drug-likeness (QED) is 0.572. The first-order chi connectivity index (χ1) is 6.49. The molecule has 0 saturated heterocycles. The third-order valence-electron chi connectivity index (χ3n) is 1.79. The summed E-state index contributed by atoms with van der Waals surface area (Å²) in [7, 11) is 0. The van der Waals surface area contributed by atoms with Gasteiger partial charge in [-0.25, -0.2) is 4.79 Å². The van der Waals surface area contributed by atoms with Crippen LogP contribution in [0.15, 0.2) is 18.2 Å². The van der Waals surface area contributed by atoms with Gasteiger partial charge in [0.25, 0.3) is 0 Å². The van der Waals surface area contributed by atoms with Gasteiger partial charge in [-0.15, -0.1) is 0 Å².